The Morgan fingerprint density at radius 3 is 2.25 bits per heavy atom. The quantitative estimate of drug-likeness (QED) is 0.340. The summed E-state index contributed by atoms with van der Waals surface area (Å²) in [6.45, 7) is 2.90. The van der Waals surface area contributed by atoms with E-state index in [9.17, 15) is 18.0 Å². The molecule has 1 unspecified atom stereocenters. The molecule has 0 bridgehead atoms. The minimum atomic E-state index is -3.57. The van der Waals surface area contributed by atoms with E-state index in [0.717, 1.165) is 0 Å². The largest absolute Gasteiger partial charge is 0.497 e. The first-order chi connectivity index (χ1) is 15.3. The Balaban J connectivity index is 1.58. The van der Waals surface area contributed by atoms with E-state index in [1.165, 1.54) is 42.6 Å². The van der Waals surface area contributed by atoms with Crippen molar-refractivity contribution in [1.29, 1.82) is 0 Å². The van der Waals surface area contributed by atoms with E-state index >= 15 is 0 Å². The Morgan fingerprint density at radius 2 is 1.66 bits per heavy atom. The lowest BCUT2D eigenvalue weighted by Gasteiger charge is -2.26. The summed E-state index contributed by atoms with van der Waals surface area (Å²) in [6, 6.07) is 12.7. The van der Waals surface area contributed by atoms with Crippen LogP contribution in [0.4, 0.5) is 0 Å². The molecule has 3 rings (SSSR count). The first kappa shape index (κ1) is 23.6. The van der Waals surface area contributed by atoms with Gasteiger partial charge in [-0.2, -0.15) is 4.31 Å². The number of carbonyl (C=O) groups is 2. The van der Waals surface area contributed by atoms with E-state index in [1.54, 1.807) is 36.4 Å². The van der Waals surface area contributed by atoms with Crippen LogP contribution in [0.15, 0.2) is 59.5 Å². The highest BCUT2D eigenvalue weighted by molar-refractivity contribution is 7.89. The number of hydrogen-bond acceptors (Lipinski definition) is 7. The molecule has 2 aromatic rings. The number of nitrogens with zero attached hydrogens (tertiary/aromatic N) is 1. The predicted octanol–water partition coefficient (Wildman–Crippen LogP) is 2.54. The standard InChI is InChI=1S/C23H25NO7S/c1-17(23(26)19-6-8-20(29-2)9-7-19)31-22(25)12-5-18-3-10-21(11-4-18)32(27,28)24-13-15-30-16-14-24/h3-12,17H,13-16H2,1-2H3/b12-5+. The maximum absolute atomic E-state index is 12.6. The molecule has 32 heavy (non-hydrogen) atoms. The summed E-state index contributed by atoms with van der Waals surface area (Å²) in [4.78, 5) is 24.7. The van der Waals surface area contributed by atoms with E-state index in [1.807, 2.05) is 0 Å². The highest BCUT2D eigenvalue weighted by Crippen LogP contribution is 2.18. The van der Waals surface area contributed by atoms with Crippen molar-refractivity contribution in [3.05, 3.63) is 65.7 Å². The molecule has 170 valence electrons. The van der Waals surface area contributed by atoms with Crippen LogP contribution in [0.3, 0.4) is 0 Å². The highest BCUT2D eigenvalue weighted by atomic mass is 32.2. The van der Waals surface area contributed by atoms with Gasteiger partial charge in [0.25, 0.3) is 0 Å². The number of rotatable bonds is 8. The molecule has 0 amide bonds. The third-order valence-electron chi connectivity index (χ3n) is 4.94. The van der Waals surface area contributed by atoms with Gasteiger partial charge >= 0.3 is 5.97 Å². The molecule has 1 aliphatic rings. The summed E-state index contributed by atoms with van der Waals surface area (Å²) in [6.07, 6.45) is 1.74. The Labute approximate surface area is 187 Å². The van der Waals surface area contributed by atoms with Gasteiger partial charge in [-0.05, 0) is 55.0 Å². The normalized spacial score (nSPS) is 15.9. The van der Waals surface area contributed by atoms with Crippen LogP contribution in [-0.4, -0.2) is 64.0 Å². The van der Waals surface area contributed by atoms with Gasteiger partial charge in [-0.15, -0.1) is 0 Å². The zero-order valence-electron chi connectivity index (χ0n) is 17.9. The first-order valence-corrected chi connectivity index (χ1v) is 11.5. The van der Waals surface area contributed by atoms with Crippen LogP contribution in [-0.2, 0) is 24.3 Å². The Morgan fingerprint density at radius 1 is 1.03 bits per heavy atom. The van der Waals surface area contributed by atoms with Crippen molar-refractivity contribution in [3.63, 3.8) is 0 Å². The Kier molecular flexibility index (Phi) is 7.79. The minimum absolute atomic E-state index is 0.179. The third kappa shape index (κ3) is 5.82. The number of esters is 1. The summed E-state index contributed by atoms with van der Waals surface area (Å²) in [7, 11) is -2.04. The molecule has 1 heterocycles. The number of hydrogen-bond donors (Lipinski definition) is 0. The van der Waals surface area contributed by atoms with E-state index in [4.69, 9.17) is 14.2 Å². The number of carbonyl (C=O) groups excluding carboxylic acids is 2. The summed E-state index contributed by atoms with van der Waals surface area (Å²) in [5, 5.41) is 0. The number of ketones is 1. The molecule has 1 aliphatic heterocycles. The van der Waals surface area contributed by atoms with Crippen molar-refractivity contribution in [3.8, 4) is 5.75 Å². The first-order valence-electron chi connectivity index (χ1n) is 10.1. The van der Waals surface area contributed by atoms with Crippen LogP contribution in [0.5, 0.6) is 5.75 Å². The maximum Gasteiger partial charge on any atom is 0.331 e. The van der Waals surface area contributed by atoms with Gasteiger partial charge in [0.1, 0.15) is 5.75 Å². The van der Waals surface area contributed by atoms with Gasteiger partial charge in [-0.3, -0.25) is 4.79 Å². The lowest BCUT2D eigenvalue weighted by atomic mass is 10.1. The number of morpholine rings is 1. The van der Waals surface area contributed by atoms with Crippen LogP contribution in [0.1, 0.15) is 22.8 Å². The Hall–Kier alpha value is -3.01. The lowest BCUT2D eigenvalue weighted by Crippen LogP contribution is -2.40. The molecule has 0 spiro atoms. The molecule has 0 saturated carbocycles. The topological polar surface area (TPSA) is 99.2 Å². The highest BCUT2D eigenvalue weighted by Gasteiger charge is 2.26. The van der Waals surface area contributed by atoms with Crippen LogP contribution < -0.4 is 4.74 Å². The average Bonchev–Trinajstić information content (AvgIpc) is 2.83. The molecular weight excluding hydrogens is 434 g/mol. The molecule has 1 fully saturated rings. The smallest absolute Gasteiger partial charge is 0.331 e. The fourth-order valence-corrected chi connectivity index (χ4v) is 4.52. The van der Waals surface area contributed by atoms with Crippen molar-refractivity contribution in [2.75, 3.05) is 33.4 Å². The van der Waals surface area contributed by atoms with Gasteiger partial charge in [0, 0.05) is 24.7 Å². The average molecular weight is 460 g/mol. The zero-order valence-corrected chi connectivity index (χ0v) is 18.7. The van der Waals surface area contributed by atoms with Crippen molar-refractivity contribution in [2.24, 2.45) is 0 Å². The zero-order chi connectivity index (χ0) is 23.1. The van der Waals surface area contributed by atoms with Crippen molar-refractivity contribution in [2.45, 2.75) is 17.9 Å². The monoisotopic (exact) mass is 459 g/mol. The van der Waals surface area contributed by atoms with Gasteiger partial charge < -0.3 is 14.2 Å². The molecule has 2 aromatic carbocycles. The summed E-state index contributed by atoms with van der Waals surface area (Å²) in [5.41, 5.74) is 1.03. The molecular formula is C23H25NO7S. The SMILES string of the molecule is COc1ccc(C(=O)C(C)OC(=O)/C=C/c2ccc(S(=O)(=O)N3CCOCC3)cc2)cc1. The van der Waals surface area contributed by atoms with E-state index < -0.39 is 22.1 Å². The van der Waals surface area contributed by atoms with Crippen LogP contribution in [0.2, 0.25) is 0 Å². The van der Waals surface area contributed by atoms with Crippen molar-refractivity contribution >= 4 is 27.9 Å². The van der Waals surface area contributed by atoms with Crippen molar-refractivity contribution in [1.82, 2.24) is 4.31 Å². The second-order valence-electron chi connectivity index (χ2n) is 7.09. The number of ether oxygens (including phenoxy) is 3. The molecule has 0 N–H and O–H groups in total. The minimum Gasteiger partial charge on any atom is -0.497 e. The van der Waals surface area contributed by atoms with Gasteiger partial charge in [-0.25, -0.2) is 13.2 Å². The number of methoxy groups -OCH3 is 1. The molecule has 0 aliphatic carbocycles. The molecule has 1 atom stereocenters. The molecule has 9 heteroatoms. The molecule has 0 aromatic heterocycles. The third-order valence-corrected chi connectivity index (χ3v) is 6.85. The van der Waals surface area contributed by atoms with E-state index in [-0.39, 0.29) is 10.7 Å². The van der Waals surface area contributed by atoms with Gasteiger partial charge in [0.15, 0.2) is 6.10 Å². The maximum atomic E-state index is 12.6. The number of Topliss-reactive ketones (excluding diaryl/α,β-unsaturated/α-hetero) is 1. The second kappa shape index (κ2) is 10.5. The Bertz CT molecular complexity index is 1070. The van der Waals surface area contributed by atoms with Crippen LogP contribution in [0, 0.1) is 0 Å². The molecule has 0 radical (unpaired) electrons. The van der Waals surface area contributed by atoms with Crippen molar-refractivity contribution < 1.29 is 32.2 Å². The predicted molar refractivity (Wildman–Crippen MR) is 118 cm³/mol. The molecule has 1 saturated heterocycles. The van der Waals surface area contributed by atoms with E-state index in [2.05, 4.69) is 0 Å². The van der Waals surface area contributed by atoms with Crippen LogP contribution in [0.25, 0.3) is 6.08 Å². The summed E-state index contributed by atoms with van der Waals surface area (Å²) >= 11 is 0. The van der Waals surface area contributed by atoms with Gasteiger partial charge in [0.2, 0.25) is 15.8 Å². The lowest BCUT2D eigenvalue weighted by molar-refractivity contribution is -0.140. The van der Waals surface area contributed by atoms with Gasteiger partial charge in [-0.1, -0.05) is 12.1 Å². The van der Waals surface area contributed by atoms with Crippen LogP contribution >= 0.6 is 0 Å². The summed E-state index contributed by atoms with van der Waals surface area (Å²) in [5.74, 6) is -0.380. The molecule has 8 nitrogen and oxygen atoms in total. The van der Waals surface area contributed by atoms with E-state index in [0.29, 0.717) is 43.2 Å². The fourth-order valence-electron chi connectivity index (χ4n) is 3.11. The number of sulfonamides is 1. The second-order valence-corrected chi connectivity index (χ2v) is 9.03. The summed E-state index contributed by atoms with van der Waals surface area (Å²) < 4.78 is 42.1. The fraction of sp³-hybridized carbons (Fsp3) is 0.304. The van der Waals surface area contributed by atoms with Gasteiger partial charge in [0.05, 0.1) is 25.2 Å². The number of benzene rings is 2.